The third-order valence-electron chi connectivity index (χ3n) is 4.87. The fourth-order valence-electron chi connectivity index (χ4n) is 3.46. The molecule has 2 heterocycles. The minimum absolute atomic E-state index is 0.131. The Balaban J connectivity index is 1.87. The molecule has 0 saturated carbocycles. The molecular formula is C20H25BrN4O4. The van der Waals surface area contributed by atoms with E-state index in [1.54, 1.807) is 27.0 Å². The van der Waals surface area contributed by atoms with Gasteiger partial charge in [0.15, 0.2) is 6.10 Å². The molecular weight excluding hydrogens is 440 g/mol. The molecule has 1 aromatic heterocycles. The number of aliphatic hydroxyl groups excluding tert-OH is 1. The van der Waals surface area contributed by atoms with Crippen LogP contribution < -0.4 is 5.73 Å². The number of β-amino-alcohol motifs (C(OH)–C–C–N with tert-alkyl or cyclic N) is 1. The molecule has 1 saturated heterocycles. The summed E-state index contributed by atoms with van der Waals surface area (Å²) in [5, 5.41) is 10.2. The number of nitrogens with zero attached hydrogens (tertiary/aromatic N) is 2. The Morgan fingerprint density at radius 1 is 1.34 bits per heavy atom. The summed E-state index contributed by atoms with van der Waals surface area (Å²) in [5.41, 5.74) is 6.28. The Labute approximate surface area is 177 Å². The van der Waals surface area contributed by atoms with Gasteiger partial charge in [0.05, 0.1) is 24.0 Å². The number of nitrogens with two attached hydrogens (primary N) is 1. The van der Waals surface area contributed by atoms with Crippen molar-refractivity contribution >= 4 is 27.9 Å². The molecule has 29 heavy (non-hydrogen) atoms. The van der Waals surface area contributed by atoms with Crippen LogP contribution >= 0.6 is 15.9 Å². The van der Waals surface area contributed by atoms with Gasteiger partial charge < -0.3 is 25.5 Å². The van der Waals surface area contributed by atoms with Crippen LogP contribution in [0.25, 0.3) is 11.3 Å². The van der Waals surface area contributed by atoms with Crippen molar-refractivity contribution in [3.05, 3.63) is 40.8 Å². The van der Waals surface area contributed by atoms with Crippen LogP contribution in [0.3, 0.4) is 0 Å². The molecule has 1 aliphatic rings. The van der Waals surface area contributed by atoms with Crippen LogP contribution in [0.5, 0.6) is 0 Å². The summed E-state index contributed by atoms with van der Waals surface area (Å²) in [7, 11) is 0. The first-order valence-electron chi connectivity index (χ1n) is 9.31. The maximum Gasteiger partial charge on any atom is 0.405 e. The zero-order valence-electron chi connectivity index (χ0n) is 16.6. The van der Waals surface area contributed by atoms with Gasteiger partial charge in [-0.05, 0) is 17.7 Å². The number of rotatable bonds is 4. The number of aromatic nitrogens is 2. The fraction of sp³-hybridized carbons (Fsp3) is 0.450. The number of imidazole rings is 1. The molecule has 0 spiro atoms. The lowest BCUT2D eigenvalue weighted by Crippen LogP contribution is -2.48. The number of benzene rings is 1. The van der Waals surface area contributed by atoms with E-state index in [4.69, 9.17) is 10.5 Å². The van der Waals surface area contributed by atoms with Crippen LogP contribution in [-0.4, -0.2) is 50.7 Å². The molecule has 1 fully saturated rings. The van der Waals surface area contributed by atoms with E-state index in [9.17, 15) is 14.7 Å². The number of amides is 2. The van der Waals surface area contributed by atoms with Crippen LogP contribution in [0.1, 0.15) is 39.1 Å². The lowest BCUT2D eigenvalue weighted by molar-refractivity contribution is -0.147. The largest absolute Gasteiger partial charge is 0.436 e. The van der Waals surface area contributed by atoms with Gasteiger partial charge in [0.1, 0.15) is 5.82 Å². The van der Waals surface area contributed by atoms with E-state index in [1.165, 1.54) is 4.90 Å². The van der Waals surface area contributed by atoms with Gasteiger partial charge in [-0.25, -0.2) is 9.78 Å². The highest BCUT2D eigenvalue weighted by Gasteiger charge is 2.44. The Bertz CT molecular complexity index is 891. The van der Waals surface area contributed by atoms with Crippen molar-refractivity contribution in [2.24, 2.45) is 11.1 Å². The van der Waals surface area contributed by atoms with Crippen LogP contribution in [0.15, 0.2) is 34.9 Å². The van der Waals surface area contributed by atoms with Gasteiger partial charge in [-0.15, -0.1) is 0 Å². The SMILES string of the molecule is CC(C)(C)[C@H](OC(N)=O)C(=O)N1C[C@H](O)C[C@H]1c1ncc(-c2ccc(Br)cc2)[nH]1. The molecule has 3 atom stereocenters. The van der Waals surface area contributed by atoms with E-state index in [0.717, 1.165) is 15.7 Å². The summed E-state index contributed by atoms with van der Waals surface area (Å²) in [6.45, 7) is 5.50. The number of nitrogens with one attached hydrogen (secondary N) is 1. The van der Waals surface area contributed by atoms with Crippen molar-refractivity contribution in [2.75, 3.05) is 6.54 Å². The van der Waals surface area contributed by atoms with Gasteiger partial charge >= 0.3 is 6.09 Å². The number of H-pyrrole nitrogens is 1. The van der Waals surface area contributed by atoms with E-state index in [1.807, 2.05) is 24.3 Å². The molecule has 9 heteroatoms. The van der Waals surface area contributed by atoms with Gasteiger partial charge in [0.25, 0.3) is 5.91 Å². The predicted octanol–water partition coefficient (Wildman–Crippen LogP) is 2.98. The van der Waals surface area contributed by atoms with Crippen molar-refractivity contribution in [2.45, 2.75) is 45.4 Å². The zero-order chi connectivity index (χ0) is 21.3. The second-order valence-electron chi connectivity index (χ2n) is 8.27. The van der Waals surface area contributed by atoms with Gasteiger partial charge in [0.2, 0.25) is 0 Å². The molecule has 2 amide bonds. The molecule has 0 radical (unpaired) electrons. The number of hydrogen-bond acceptors (Lipinski definition) is 5. The molecule has 0 aliphatic carbocycles. The number of ether oxygens (including phenoxy) is 1. The van der Waals surface area contributed by atoms with E-state index in [0.29, 0.717) is 12.2 Å². The Morgan fingerprint density at radius 3 is 2.59 bits per heavy atom. The monoisotopic (exact) mass is 464 g/mol. The highest BCUT2D eigenvalue weighted by molar-refractivity contribution is 9.10. The van der Waals surface area contributed by atoms with Crippen LogP contribution in [0.2, 0.25) is 0 Å². The van der Waals surface area contributed by atoms with Crippen LogP contribution in [-0.2, 0) is 9.53 Å². The number of likely N-dealkylation sites (tertiary alicyclic amines) is 1. The molecule has 156 valence electrons. The number of halogens is 1. The summed E-state index contributed by atoms with van der Waals surface area (Å²) >= 11 is 3.41. The second-order valence-corrected chi connectivity index (χ2v) is 9.18. The topological polar surface area (TPSA) is 122 Å². The molecule has 1 aromatic carbocycles. The van der Waals surface area contributed by atoms with Crippen molar-refractivity contribution in [3.8, 4) is 11.3 Å². The molecule has 0 bridgehead atoms. The zero-order valence-corrected chi connectivity index (χ0v) is 18.1. The van der Waals surface area contributed by atoms with Gasteiger partial charge in [-0.1, -0.05) is 48.8 Å². The smallest absolute Gasteiger partial charge is 0.405 e. The van der Waals surface area contributed by atoms with Crippen molar-refractivity contribution in [3.63, 3.8) is 0 Å². The number of primary amides is 1. The Kier molecular flexibility index (Phi) is 6.00. The van der Waals surface area contributed by atoms with E-state index in [-0.39, 0.29) is 6.54 Å². The summed E-state index contributed by atoms with van der Waals surface area (Å²) in [6.07, 6.45) is -0.724. The second kappa shape index (κ2) is 8.16. The van der Waals surface area contributed by atoms with E-state index < -0.39 is 35.7 Å². The third-order valence-corrected chi connectivity index (χ3v) is 5.40. The normalized spacial score (nSPS) is 20.5. The molecule has 8 nitrogen and oxygen atoms in total. The maximum atomic E-state index is 13.2. The quantitative estimate of drug-likeness (QED) is 0.641. The average Bonchev–Trinajstić information content (AvgIpc) is 3.25. The van der Waals surface area contributed by atoms with Gasteiger partial charge in [-0.3, -0.25) is 4.79 Å². The number of aliphatic hydroxyl groups is 1. The summed E-state index contributed by atoms with van der Waals surface area (Å²) in [5.74, 6) is 0.166. The van der Waals surface area contributed by atoms with Crippen molar-refractivity contribution < 1.29 is 19.4 Å². The van der Waals surface area contributed by atoms with Gasteiger partial charge in [0, 0.05) is 22.9 Å². The maximum absolute atomic E-state index is 13.2. The summed E-state index contributed by atoms with van der Waals surface area (Å²) in [6, 6.07) is 7.30. The summed E-state index contributed by atoms with van der Waals surface area (Å²) < 4.78 is 6.10. The van der Waals surface area contributed by atoms with Gasteiger partial charge in [-0.2, -0.15) is 0 Å². The van der Waals surface area contributed by atoms with Crippen LogP contribution in [0, 0.1) is 5.41 Å². The number of carbonyl (C=O) groups excluding carboxylic acids is 2. The highest BCUT2D eigenvalue weighted by Crippen LogP contribution is 2.35. The summed E-state index contributed by atoms with van der Waals surface area (Å²) in [4.78, 5) is 33.7. The standard InChI is InChI=1S/C20H25BrN4O4/c1-20(2,3)16(29-19(22)28)18(27)25-10-13(26)8-15(25)17-23-9-14(24-17)11-4-6-12(21)7-5-11/h4-7,9,13,15-16,26H,8,10H2,1-3H3,(H2,22,28)(H,23,24)/t13-,15+,16-/m1/s1. The molecule has 4 N–H and O–H groups in total. The Hall–Kier alpha value is -2.39. The number of carbonyl (C=O) groups is 2. The van der Waals surface area contributed by atoms with E-state index >= 15 is 0 Å². The number of aromatic amines is 1. The molecule has 1 aliphatic heterocycles. The average molecular weight is 465 g/mol. The predicted molar refractivity (Wildman–Crippen MR) is 111 cm³/mol. The van der Waals surface area contributed by atoms with Crippen molar-refractivity contribution in [1.82, 2.24) is 14.9 Å². The minimum atomic E-state index is -1.06. The lowest BCUT2D eigenvalue weighted by Gasteiger charge is -2.33. The number of hydrogen-bond donors (Lipinski definition) is 3. The Morgan fingerprint density at radius 2 is 2.00 bits per heavy atom. The third kappa shape index (κ3) is 4.79. The van der Waals surface area contributed by atoms with Crippen LogP contribution in [0.4, 0.5) is 4.79 Å². The fourth-order valence-corrected chi connectivity index (χ4v) is 3.73. The lowest BCUT2D eigenvalue weighted by atomic mass is 9.88. The first-order chi connectivity index (χ1) is 13.6. The first kappa shape index (κ1) is 21.3. The first-order valence-corrected chi connectivity index (χ1v) is 10.1. The van der Waals surface area contributed by atoms with E-state index in [2.05, 4.69) is 25.9 Å². The highest BCUT2D eigenvalue weighted by atomic mass is 79.9. The molecule has 2 aromatic rings. The molecule has 3 rings (SSSR count). The molecule has 0 unspecified atom stereocenters. The van der Waals surface area contributed by atoms with Crippen molar-refractivity contribution in [1.29, 1.82) is 0 Å². The minimum Gasteiger partial charge on any atom is -0.436 e.